The summed E-state index contributed by atoms with van der Waals surface area (Å²) in [4.78, 5) is 9.92. The van der Waals surface area contributed by atoms with Crippen molar-refractivity contribution >= 4 is 70.2 Å². The van der Waals surface area contributed by atoms with Gasteiger partial charge >= 0.3 is 64.4 Å². The van der Waals surface area contributed by atoms with E-state index in [-0.39, 0.29) is 54.7 Å². The zero-order valence-electron chi connectivity index (χ0n) is 3.77. The number of rotatable bonds is 2. The molecule has 0 aromatic heterocycles. The van der Waals surface area contributed by atoms with E-state index in [4.69, 9.17) is 4.16 Å². The van der Waals surface area contributed by atoms with Gasteiger partial charge in [-0.15, -0.1) is 0 Å². The molecule has 2 nitrogen and oxygen atoms in total. The monoisotopic (exact) mass is 242 g/mol. The van der Waals surface area contributed by atoms with Gasteiger partial charge in [-0.3, -0.25) is 0 Å². The number of hydrogen-bond donors (Lipinski definition) is 1. The maximum absolute atomic E-state index is 9.92. The van der Waals surface area contributed by atoms with Crippen molar-refractivity contribution in [3.8, 4) is 0 Å². The Morgan fingerprint density at radius 1 is 1.86 bits per heavy atom. The summed E-state index contributed by atoms with van der Waals surface area (Å²) in [6, 6.07) is 0. The normalized spacial score (nSPS) is 6.57. The van der Waals surface area contributed by atoms with Gasteiger partial charge in [0.2, 0.25) is 0 Å². The number of hydrogen-bond acceptors (Lipinski definition) is 2. The number of carbonyl (C=O) groups excluding carboxylic acids is 1. The van der Waals surface area contributed by atoms with Crippen molar-refractivity contribution in [2.24, 2.45) is 0 Å². The molecule has 0 saturated heterocycles. The Kier molecular flexibility index (Phi) is 12.7. The zero-order valence-corrected chi connectivity index (χ0v) is 5.18. The van der Waals surface area contributed by atoms with Gasteiger partial charge in [-0.1, -0.05) is 0 Å². The van der Waals surface area contributed by atoms with Gasteiger partial charge in [0.15, 0.2) is 0 Å². The summed E-state index contributed by atoms with van der Waals surface area (Å²) >= 11 is -0.983. The van der Waals surface area contributed by atoms with E-state index in [9.17, 15) is 4.79 Å². The van der Waals surface area contributed by atoms with Crippen LogP contribution in [-0.2, 0) is 4.79 Å². The number of carbonyl (C=O) groups is 1. The van der Waals surface area contributed by atoms with Crippen LogP contribution in [0.3, 0.4) is 0 Å². The topological polar surface area (TPSA) is 37.3 Å². The predicted molar refractivity (Wildman–Crippen MR) is 33.4 cm³/mol. The Morgan fingerprint density at radius 2 is 2.29 bits per heavy atom. The van der Waals surface area contributed by atoms with Crippen molar-refractivity contribution in [3.63, 3.8) is 0 Å². The van der Waals surface area contributed by atoms with Crippen LogP contribution in [0, 0.1) is 0 Å². The van der Waals surface area contributed by atoms with Crippen LogP contribution in [-0.4, -0.2) is 74.4 Å². The van der Waals surface area contributed by atoms with Crippen LogP contribution in [0.1, 0.15) is 6.92 Å². The van der Waals surface area contributed by atoms with Gasteiger partial charge in [-0.2, -0.15) is 0 Å². The fourth-order valence-corrected chi connectivity index (χ4v) is 0.472. The first-order valence-electron chi connectivity index (χ1n) is 1.87. The molecule has 38 valence electrons. The predicted octanol–water partition coefficient (Wildman–Crippen LogP) is -1.58. The summed E-state index contributed by atoms with van der Waals surface area (Å²) in [6.45, 7) is 1.49. The average molecular weight is 241 g/mol. The van der Waals surface area contributed by atoms with Gasteiger partial charge in [-0.25, -0.2) is 0 Å². The van der Waals surface area contributed by atoms with Crippen molar-refractivity contribution in [2.45, 2.75) is 12.2 Å². The first-order valence-corrected chi connectivity index (χ1v) is 3.51. The minimum atomic E-state index is -0.983. The van der Waals surface area contributed by atoms with Gasteiger partial charge in [0.1, 0.15) is 5.78 Å². The van der Waals surface area contributed by atoms with E-state index >= 15 is 0 Å². The summed E-state index contributed by atoms with van der Waals surface area (Å²) in [5.41, 5.74) is 0. The molecule has 0 heterocycles. The Bertz CT molecular complexity index is 56.9. The molecular formula is C3H9AlBaO2. The molecule has 1 N–H and O–H groups in total. The molecule has 0 rings (SSSR count). The molecule has 0 aromatic carbocycles. The molecule has 0 aliphatic heterocycles. The third kappa shape index (κ3) is 11.3. The fourth-order valence-electron chi connectivity index (χ4n) is 0.157. The Labute approximate surface area is 89.8 Å². The van der Waals surface area contributed by atoms with E-state index in [0.29, 0.717) is 5.28 Å². The summed E-state index contributed by atoms with van der Waals surface area (Å²) in [5, 5.41) is 0.431. The minimum absolute atomic E-state index is 0. The molecule has 4 heteroatoms. The second-order valence-corrected chi connectivity index (χ2v) is 2.12. The molecule has 0 aromatic rings. The van der Waals surface area contributed by atoms with Crippen LogP contribution in [0.2, 0.25) is 5.28 Å². The summed E-state index contributed by atoms with van der Waals surface area (Å²) in [5.74, 6) is 0.101. The third-order valence-corrected chi connectivity index (χ3v) is 1.39. The second-order valence-electron chi connectivity index (χ2n) is 1.18. The van der Waals surface area contributed by atoms with E-state index < -0.39 is 15.6 Å². The van der Waals surface area contributed by atoms with E-state index in [1.165, 1.54) is 6.92 Å². The standard InChI is InChI=1S/C3H5O.Al.Ba.H2O.3H/c1-3(2)4;;;;;;/h1H2,2H3;;;1H2;;;/q;+1;;;;;/p-1. The quantitative estimate of drug-likeness (QED) is 0.593. The fraction of sp³-hybridized carbons (Fsp3) is 0.667. The molecule has 0 aliphatic carbocycles. The van der Waals surface area contributed by atoms with Crippen LogP contribution < -0.4 is 0 Å². The van der Waals surface area contributed by atoms with Crippen molar-refractivity contribution in [2.75, 3.05) is 0 Å². The maximum atomic E-state index is 9.92. The second kappa shape index (κ2) is 7.73. The molecule has 0 spiro atoms. The molecule has 0 amide bonds. The summed E-state index contributed by atoms with van der Waals surface area (Å²) in [7, 11) is 0. The average Bonchev–Trinajstić information content (AvgIpc) is 1.35. The molecule has 0 saturated carbocycles. The van der Waals surface area contributed by atoms with E-state index in [0.717, 1.165) is 0 Å². The van der Waals surface area contributed by atoms with E-state index in [1.54, 1.807) is 0 Å². The number of Topliss-reactive ketones (excluding diaryl/α,β-unsaturated/α-hetero) is 1. The Morgan fingerprint density at radius 3 is 2.29 bits per heavy atom. The first-order chi connectivity index (χ1) is 2.77. The van der Waals surface area contributed by atoms with Crippen LogP contribution in [0.15, 0.2) is 0 Å². The summed E-state index contributed by atoms with van der Waals surface area (Å²) < 4.78 is 8.15. The zero-order chi connectivity index (χ0) is 4.99. The van der Waals surface area contributed by atoms with Gasteiger partial charge in [-0.05, 0) is 12.2 Å². The first kappa shape index (κ1) is 11.5. The van der Waals surface area contributed by atoms with E-state index in [1.807, 2.05) is 0 Å². The molecule has 7 heavy (non-hydrogen) atoms. The van der Waals surface area contributed by atoms with Crippen molar-refractivity contribution in [3.05, 3.63) is 0 Å². The van der Waals surface area contributed by atoms with Crippen LogP contribution in [0.25, 0.3) is 0 Å². The van der Waals surface area contributed by atoms with Gasteiger partial charge < -0.3 is 8.95 Å². The number of ketones is 1. The third-order valence-electron chi connectivity index (χ3n) is 0.464. The van der Waals surface area contributed by atoms with Crippen LogP contribution in [0.5, 0.6) is 0 Å². The van der Waals surface area contributed by atoms with Crippen molar-refractivity contribution < 1.29 is 8.95 Å². The molecule has 0 aliphatic rings. The molecule has 0 fully saturated rings. The van der Waals surface area contributed by atoms with Crippen molar-refractivity contribution in [1.29, 1.82) is 0 Å². The molecule has 0 unspecified atom stereocenters. The molecular weight excluding hydrogens is 232 g/mol. The van der Waals surface area contributed by atoms with Gasteiger partial charge in [0.25, 0.3) is 0 Å². The van der Waals surface area contributed by atoms with Crippen LogP contribution >= 0.6 is 0 Å². The molecule has 0 atom stereocenters. The SMILES string of the molecule is CC(=O)[CH2][AlH][OH].[BaH2]. The van der Waals surface area contributed by atoms with Gasteiger partial charge in [0, 0.05) is 0 Å². The Hall–Kier alpha value is 1.73. The van der Waals surface area contributed by atoms with Crippen LogP contribution in [0.4, 0.5) is 0 Å². The summed E-state index contributed by atoms with van der Waals surface area (Å²) in [6.07, 6.45) is 0. The van der Waals surface area contributed by atoms with Gasteiger partial charge in [0.05, 0.1) is 0 Å². The molecule has 0 radical (unpaired) electrons. The van der Waals surface area contributed by atoms with Crippen molar-refractivity contribution in [1.82, 2.24) is 0 Å². The Balaban J connectivity index is 0. The van der Waals surface area contributed by atoms with E-state index in [2.05, 4.69) is 0 Å². The molecule has 0 bridgehead atoms.